The highest BCUT2D eigenvalue weighted by Crippen LogP contribution is 2.39. The molecule has 0 aliphatic heterocycles. The van der Waals surface area contributed by atoms with Crippen molar-refractivity contribution in [2.45, 2.75) is 7.43 Å². The molecule has 10 aromatic carbocycles. The maximum atomic E-state index is 3.76. The summed E-state index contributed by atoms with van der Waals surface area (Å²) in [5.74, 6) is 0. The summed E-state index contributed by atoms with van der Waals surface area (Å²) < 4.78 is 10.4. The van der Waals surface area contributed by atoms with Gasteiger partial charge in [0, 0.05) is 78.9 Å². The van der Waals surface area contributed by atoms with Crippen molar-refractivity contribution in [2.24, 2.45) is 0 Å². The van der Waals surface area contributed by atoms with Crippen LogP contribution in [-0.2, 0) is 0 Å². The number of para-hydroxylation sites is 7. The highest BCUT2D eigenvalue weighted by Gasteiger charge is 2.17. The van der Waals surface area contributed by atoms with Crippen LogP contribution in [0.3, 0.4) is 0 Å². The van der Waals surface area contributed by atoms with Gasteiger partial charge in [0.2, 0.25) is 0 Å². The van der Waals surface area contributed by atoms with E-state index in [1.165, 1.54) is 98.6 Å². The zero-order valence-electron chi connectivity index (χ0n) is 36.6. The first-order valence-corrected chi connectivity index (χ1v) is 24.6. The van der Waals surface area contributed by atoms with Crippen LogP contribution in [0.15, 0.2) is 244 Å². The summed E-state index contributed by atoms with van der Waals surface area (Å²) in [6.07, 6.45) is 0. The van der Waals surface area contributed by atoms with Gasteiger partial charge in [0.1, 0.15) is 0 Å². The van der Waals surface area contributed by atoms with Gasteiger partial charge in [-0.1, -0.05) is 141 Å². The fourth-order valence-electron chi connectivity index (χ4n) is 9.81. The van der Waals surface area contributed by atoms with Crippen molar-refractivity contribution in [3.8, 4) is 17.1 Å². The Morgan fingerprint density at radius 2 is 0.609 bits per heavy atom. The fraction of sp³-hybridized carbons (Fsp3) is 0.0164. The molecule has 0 radical (unpaired) electrons. The Bertz CT molecular complexity index is 4050. The molecular formula is C61H46Br3N4P. The van der Waals surface area contributed by atoms with Crippen molar-refractivity contribution in [3.05, 3.63) is 244 Å². The summed E-state index contributed by atoms with van der Waals surface area (Å²) in [6, 6.07) is 81.6. The van der Waals surface area contributed by atoms with E-state index in [0.29, 0.717) is 0 Å². The number of aromatic nitrogens is 4. The van der Waals surface area contributed by atoms with Crippen LogP contribution in [0.1, 0.15) is 7.43 Å². The number of fused-ring (bicyclic) bond motifs is 12. The third-order valence-electron chi connectivity index (χ3n) is 12.7. The van der Waals surface area contributed by atoms with Crippen LogP contribution in [-0.4, -0.2) is 18.7 Å². The maximum Gasteiger partial charge on any atom is 0.0604 e. The minimum absolute atomic E-state index is 0. The summed E-state index contributed by atoms with van der Waals surface area (Å²) in [4.78, 5) is 3.52. The van der Waals surface area contributed by atoms with Crippen molar-refractivity contribution in [2.75, 3.05) is 0 Å². The minimum atomic E-state index is 0. The van der Waals surface area contributed by atoms with Gasteiger partial charge in [0.15, 0.2) is 0 Å². The molecule has 1 unspecified atom stereocenters. The average Bonchev–Trinajstić information content (AvgIpc) is 4.12. The highest BCUT2D eigenvalue weighted by atomic mass is 79.9. The molecule has 1 atom stereocenters. The molecule has 14 aromatic rings. The first-order chi connectivity index (χ1) is 33.0. The molecule has 4 aromatic heterocycles. The number of benzene rings is 10. The third kappa shape index (κ3) is 8.07. The van der Waals surface area contributed by atoms with Gasteiger partial charge in [0.25, 0.3) is 0 Å². The van der Waals surface area contributed by atoms with E-state index < -0.39 is 0 Å². The lowest BCUT2D eigenvalue weighted by molar-refractivity contribution is 1.16. The summed E-state index contributed by atoms with van der Waals surface area (Å²) in [5.41, 5.74) is 13.2. The molecule has 69 heavy (non-hydrogen) atoms. The predicted octanol–water partition coefficient (Wildman–Crippen LogP) is 19.0. The molecule has 0 saturated heterocycles. The summed E-state index contributed by atoms with van der Waals surface area (Å²) in [5, 5.41) is 10.2. The van der Waals surface area contributed by atoms with E-state index >= 15 is 0 Å². The van der Waals surface area contributed by atoms with Crippen LogP contribution < -0.4 is 0 Å². The zero-order chi connectivity index (χ0) is 45.0. The monoisotopic (exact) mass is 1100 g/mol. The largest absolute Gasteiger partial charge is 0.355 e. The molecule has 0 bridgehead atoms. The Morgan fingerprint density at radius 1 is 0.275 bits per heavy atom. The number of halogens is 3. The van der Waals surface area contributed by atoms with Crippen molar-refractivity contribution in [3.63, 3.8) is 0 Å². The minimum Gasteiger partial charge on any atom is -0.355 e. The van der Waals surface area contributed by atoms with E-state index in [0.717, 1.165) is 19.1 Å². The maximum absolute atomic E-state index is 3.76. The molecule has 0 aliphatic carbocycles. The lowest BCUT2D eigenvalue weighted by Gasteiger charge is -2.11. The quantitative estimate of drug-likeness (QED) is 0.171. The third-order valence-corrected chi connectivity index (χ3v) is 15.3. The number of H-pyrrole nitrogens is 1. The Labute approximate surface area is 428 Å². The zero-order valence-corrected chi connectivity index (χ0v) is 42.8. The van der Waals surface area contributed by atoms with Gasteiger partial charge in [-0.05, 0) is 145 Å². The van der Waals surface area contributed by atoms with E-state index in [4.69, 9.17) is 0 Å². The lowest BCUT2D eigenvalue weighted by atomic mass is 10.1. The van der Waals surface area contributed by atoms with Crippen LogP contribution in [0, 0.1) is 0 Å². The molecule has 4 nitrogen and oxygen atoms in total. The summed E-state index contributed by atoms with van der Waals surface area (Å²) in [7, 11) is 0. The number of hydrogen-bond acceptors (Lipinski definition) is 0. The van der Waals surface area contributed by atoms with E-state index in [1.54, 1.807) is 0 Å². The number of rotatable bonds is 3. The van der Waals surface area contributed by atoms with Gasteiger partial charge in [-0.25, -0.2) is 0 Å². The fourth-order valence-corrected chi connectivity index (χ4v) is 10.8. The molecule has 14 rings (SSSR count). The molecule has 0 fully saturated rings. The molecule has 1 N–H and O–H groups in total. The number of nitrogens with one attached hydrogen (secondary N) is 1. The second-order valence-corrected chi connectivity index (χ2v) is 19.1. The smallest absolute Gasteiger partial charge is 0.0604 e. The molecule has 0 saturated carbocycles. The second kappa shape index (κ2) is 19.3. The van der Waals surface area contributed by atoms with Gasteiger partial charge >= 0.3 is 0 Å². The first-order valence-electron chi connectivity index (χ1n) is 22.2. The van der Waals surface area contributed by atoms with Crippen LogP contribution in [0.25, 0.3) is 104 Å². The molecule has 4 heterocycles. The Morgan fingerprint density at radius 3 is 1.09 bits per heavy atom. The molecule has 0 spiro atoms. The van der Waals surface area contributed by atoms with Crippen molar-refractivity contribution in [1.82, 2.24) is 18.7 Å². The average molecular weight is 1110 g/mol. The van der Waals surface area contributed by atoms with Gasteiger partial charge in [-0.2, -0.15) is 9.90 Å². The Balaban J connectivity index is 0.000000137. The number of nitrogens with zero attached hydrogens (tertiary/aromatic N) is 3. The van der Waals surface area contributed by atoms with E-state index in [-0.39, 0.29) is 17.3 Å². The highest BCUT2D eigenvalue weighted by molar-refractivity contribution is 9.13. The predicted molar refractivity (Wildman–Crippen MR) is 313 cm³/mol. The van der Waals surface area contributed by atoms with Crippen LogP contribution >= 0.6 is 57.7 Å². The topological polar surface area (TPSA) is 30.6 Å². The number of aromatic amines is 1. The number of hydrogen-bond donors (Lipinski definition) is 1. The molecule has 0 aliphatic rings. The first kappa shape index (κ1) is 46.0. The van der Waals surface area contributed by atoms with Gasteiger partial charge in [-0.15, -0.1) is 0 Å². The van der Waals surface area contributed by atoms with Crippen molar-refractivity contribution < 1.29 is 0 Å². The molecular weight excluding hydrogens is 1060 g/mol. The van der Waals surface area contributed by atoms with Gasteiger partial charge < -0.3 is 18.7 Å². The van der Waals surface area contributed by atoms with Gasteiger partial charge in [-0.3, -0.25) is 0 Å². The van der Waals surface area contributed by atoms with E-state index in [2.05, 4.69) is 273 Å². The Kier molecular flexibility index (Phi) is 12.9. The van der Waals surface area contributed by atoms with Gasteiger partial charge in [0.05, 0.1) is 38.8 Å². The molecule has 0 amide bonds. The van der Waals surface area contributed by atoms with Crippen molar-refractivity contribution in [1.29, 1.82) is 0 Å². The van der Waals surface area contributed by atoms with Crippen molar-refractivity contribution >= 4 is 145 Å². The summed E-state index contributed by atoms with van der Waals surface area (Å²) >= 11 is 10.5. The standard InChI is InChI=1S/C30H19BrN2.C24H16N2.C6H4Br2.CH4.H3P/c31-25-12-4-8-16-30(25)33-28-15-7-3-11-23(28)24-19-20(17-18-29(24)33)32-26-13-5-1-9-21(26)22-10-2-6-14-27(22)32;1-4-10-21-17(7-1)20-15-16(13-14-22(20)25-21)26-23-11-5-2-8-18(23)19-9-3-6-12-24(19)26;7-5-3-1-2-4-6(5)8;;/h1-19H;1-15,25H;1-4H;1H4;1H3. The Hall–Kier alpha value is -6.73. The van der Waals surface area contributed by atoms with Crippen LogP contribution in [0.4, 0.5) is 0 Å². The van der Waals surface area contributed by atoms with E-state index in [1.807, 2.05) is 24.3 Å². The molecule has 336 valence electrons. The summed E-state index contributed by atoms with van der Waals surface area (Å²) in [6.45, 7) is 0. The normalized spacial score (nSPS) is 11.2. The van der Waals surface area contributed by atoms with Crippen LogP contribution in [0.2, 0.25) is 0 Å². The van der Waals surface area contributed by atoms with Crippen LogP contribution in [0.5, 0.6) is 0 Å². The SMILES string of the molecule is Brc1ccccc1-n1c2ccccc2c2cc(-n3c4ccccc4c4ccccc43)ccc21.Brc1ccccc1Br.C.P.c1ccc2c(c1)[nH]c1ccc(-n3c4ccccc4c4ccccc43)cc12. The lowest BCUT2D eigenvalue weighted by Crippen LogP contribution is -1.96. The van der Waals surface area contributed by atoms with E-state index in [9.17, 15) is 0 Å². The second-order valence-electron chi connectivity index (χ2n) is 16.6. The molecule has 8 heteroatoms.